The van der Waals surface area contributed by atoms with Crippen LogP contribution in [0, 0.1) is 12.3 Å². The van der Waals surface area contributed by atoms with Gasteiger partial charge in [-0.15, -0.1) is 6.42 Å². The quantitative estimate of drug-likeness (QED) is 0.680. The van der Waals surface area contributed by atoms with Crippen molar-refractivity contribution >= 4 is 6.09 Å². The molecule has 0 saturated heterocycles. The molecule has 2 unspecified atom stereocenters. The van der Waals surface area contributed by atoms with E-state index in [0.717, 1.165) is 6.42 Å². The number of carbonyl (C=O) groups is 1. The van der Waals surface area contributed by atoms with Crippen molar-refractivity contribution in [3.8, 4) is 12.3 Å². The van der Waals surface area contributed by atoms with Crippen molar-refractivity contribution in [3.05, 3.63) is 0 Å². The normalized spacial score (nSPS) is 24.1. The van der Waals surface area contributed by atoms with Crippen molar-refractivity contribution in [2.45, 2.75) is 44.9 Å². The third kappa shape index (κ3) is 4.71. The summed E-state index contributed by atoms with van der Waals surface area (Å²) in [4.78, 5) is 11.3. The number of hydrogen-bond acceptors (Lipinski definition) is 3. The van der Waals surface area contributed by atoms with Gasteiger partial charge in [0.15, 0.2) is 0 Å². The molecule has 4 heteroatoms. The molecule has 0 spiro atoms. The minimum absolute atomic E-state index is 0.160. The lowest BCUT2D eigenvalue weighted by Crippen LogP contribution is -2.36. The lowest BCUT2D eigenvalue weighted by molar-refractivity contribution is 0.0522. The Morgan fingerprint density at radius 2 is 2.20 bits per heavy atom. The monoisotopic (exact) mass is 210 g/mol. The summed E-state index contributed by atoms with van der Waals surface area (Å²) in [6.07, 6.45) is 5.66. The van der Waals surface area contributed by atoms with E-state index in [-0.39, 0.29) is 12.1 Å². The summed E-state index contributed by atoms with van der Waals surface area (Å²) < 4.78 is 5.12. The van der Waals surface area contributed by atoms with E-state index in [0.29, 0.717) is 12.6 Å². The molecule has 0 radical (unpaired) electrons. The van der Waals surface area contributed by atoms with Gasteiger partial charge in [0.2, 0.25) is 0 Å². The summed E-state index contributed by atoms with van der Waals surface area (Å²) >= 11 is 0. The summed E-state index contributed by atoms with van der Waals surface area (Å²) in [5.74, 6) is 2.50. The van der Waals surface area contributed by atoms with E-state index in [2.05, 4.69) is 16.6 Å². The van der Waals surface area contributed by atoms with E-state index in [1.807, 2.05) is 20.8 Å². The van der Waals surface area contributed by atoms with Crippen molar-refractivity contribution in [2.75, 3.05) is 6.54 Å². The van der Waals surface area contributed by atoms with Crippen LogP contribution in [-0.4, -0.2) is 30.3 Å². The Hall–Kier alpha value is -1.21. The first-order chi connectivity index (χ1) is 6.92. The fraction of sp³-hybridized carbons (Fsp3) is 0.727. The van der Waals surface area contributed by atoms with Crippen LogP contribution in [0.4, 0.5) is 4.79 Å². The Bertz CT molecular complexity index is 275. The molecule has 1 aliphatic rings. The molecule has 1 aliphatic carbocycles. The smallest absolute Gasteiger partial charge is 0.407 e. The summed E-state index contributed by atoms with van der Waals surface area (Å²) in [5, 5.41) is 5.90. The highest BCUT2D eigenvalue weighted by atomic mass is 16.6. The molecule has 4 nitrogen and oxygen atoms in total. The molecule has 0 heterocycles. The molecular weight excluding hydrogens is 192 g/mol. The molecule has 1 fully saturated rings. The van der Waals surface area contributed by atoms with Crippen LogP contribution in [0.1, 0.15) is 27.2 Å². The fourth-order valence-corrected chi connectivity index (χ4v) is 1.23. The molecule has 0 bridgehead atoms. The van der Waals surface area contributed by atoms with Crippen LogP contribution in [0.5, 0.6) is 0 Å². The number of carbonyl (C=O) groups excluding carboxylic acids is 1. The van der Waals surface area contributed by atoms with Gasteiger partial charge >= 0.3 is 6.09 Å². The predicted octanol–water partition coefficient (Wildman–Crippen LogP) is 0.875. The maximum atomic E-state index is 11.3. The number of hydrogen-bond donors (Lipinski definition) is 2. The van der Waals surface area contributed by atoms with Gasteiger partial charge in [0, 0.05) is 12.1 Å². The van der Waals surface area contributed by atoms with Crippen LogP contribution in [-0.2, 0) is 4.74 Å². The van der Waals surface area contributed by atoms with Crippen LogP contribution < -0.4 is 10.6 Å². The molecule has 1 saturated carbocycles. The number of amides is 1. The molecule has 1 amide bonds. The molecule has 0 aliphatic heterocycles. The van der Waals surface area contributed by atoms with Gasteiger partial charge in [0.1, 0.15) is 5.60 Å². The van der Waals surface area contributed by atoms with Gasteiger partial charge in [-0.25, -0.2) is 4.79 Å². The van der Waals surface area contributed by atoms with Crippen LogP contribution in [0.25, 0.3) is 0 Å². The van der Waals surface area contributed by atoms with Crippen LogP contribution in [0.15, 0.2) is 0 Å². The third-order valence-corrected chi connectivity index (χ3v) is 1.96. The molecule has 0 aromatic carbocycles. The van der Waals surface area contributed by atoms with Crippen molar-refractivity contribution < 1.29 is 9.53 Å². The van der Waals surface area contributed by atoms with Gasteiger partial charge in [-0.1, -0.05) is 5.92 Å². The summed E-state index contributed by atoms with van der Waals surface area (Å²) in [5.41, 5.74) is -0.444. The first-order valence-electron chi connectivity index (χ1n) is 5.09. The summed E-state index contributed by atoms with van der Waals surface area (Å²) in [6, 6.07) is 0.460. The first-order valence-corrected chi connectivity index (χ1v) is 5.09. The molecule has 2 atom stereocenters. The van der Waals surface area contributed by atoms with Crippen LogP contribution >= 0.6 is 0 Å². The van der Waals surface area contributed by atoms with Crippen molar-refractivity contribution in [1.82, 2.24) is 10.6 Å². The Kier molecular flexibility index (Phi) is 3.59. The number of rotatable bonds is 3. The van der Waals surface area contributed by atoms with Crippen molar-refractivity contribution in [1.29, 1.82) is 0 Å². The highest BCUT2D eigenvalue weighted by Gasteiger charge is 2.38. The van der Waals surface area contributed by atoms with E-state index in [4.69, 9.17) is 11.2 Å². The summed E-state index contributed by atoms with van der Waals surface area (Å²) in [7, 11) is 0. The van der Waals surface area contributed by atoms with Crippen molar-refractivity contribution in [3.63, 3.8) is 0 Å². The SMILES string of the molecule is C#CCNC1CC1NC(=O)OC(C)(C)C. The number of ether oxygens (including phenoxy) is 1. The lowest BCUT2D eigenvalue weighted by atomic mass is 10.2. The molecular formula is C11H18N2O2. The Balaban J connectivity index is 2.17. The molecule has 0 aromatic rings. The van der Waals surface area contributed by atoms with Crippen molar-refractivity contribution in [2.24, 2.45) is 0 Å². The zero-order chi connectivity index (χ0) is 11.5. The van der Waals surface area contributed by atoms with E-state index >= 15 is 0 Å². The Morgan fingerprint density at radius 3 is 2.73 bits per heavy atom. The average Bonchev–Trinajstić information content (AvgIpc) is 2.76. The molecule has 84 valence electrons. The fourth-order valence-electron chi connectivity index (χ4n) is 1.23. The van der Waals surface area contributed by atoms with E-state index in [9.17, 15) is 4.79 Å². The highest BCUT2D eigenvalue weighted by molar-refractivity contribution is 5.68. The zero-order valence-electron chi connectivity index (χ0n) is 9.46. The maximum absolute atomic E-state index is 11.3. The highest BCUT2D eigenvalue weighted by Crippen LogP contribution is 2.21. The minimum atomic E-state index is -0.444. The standard InChI is InChI=1S/C11H18N2O2/c1-5-6-12-8-7-9(8)13-10(14)15-11(2,3)4/h1,8-9,12H,6-7H2,2-4H3,(H,13,14). The van der Waals surface area contributed by atoms with Gasteiger partial charge in [0.05, 0.1) is 6.54 Å². The second-order valence-corrected chi connectivity index (χ2v) is 4.68. The number of nitrogens with one attached hydrogen (secondary N) is 2. The van der Waals surface area contributed by atoms with E-state index < -0.39 is 5.60 Å². The van der Waals surface area contributed by atoms with Crippen LogP contribution in [0.2, 0.25) is 0 Å². The molecule has 0 aromatic heterocycles. The summed E-state index contributed by atoms with van der Waals surface area (Å²) in [6.45, 7) is 6.06. The first kappa shape index (κ1) is 11.9. The zero-order valence-corrected chi connectivity index (χ0v) is 9.46. The topological polar surface area (TPSA) is 50.4 Å². The minimum Gasteiger partial charge on any atom is -0.444 e. The average molecular weight is 210 g/mol. The number of alkyl carbamates (subject to hydrolysis) is 1. The van der Waals surface area contributed by atoms with Gasteiger partial charge in [-0.05, 0) is 27.2 Å². The maximum Gasteiger partial charge on any atom is 0.407 e. The van der Waals surface area contributed by atoms with Gasteiger partial charge in [-0.2, -0.15) is 0 Å². The second-order valence-electron chi connectivity index (χ2n) is 4.68. The van der Waals surface area contributed by atoms with Gasteiger partial charge < -0.3 is 15.4 Å². The Labute approximate surface area is 90.8 Å². The van der Waals surface area contributed by atoms with E-state index in [1.54, 1.807) is 0 Å². The predicted molar refractivity (Wildman–Crippen MR) is 58.4 cm³/mol. The molecule has 15 heavy (non-hydrogen) atoms. The van der Waals surface area contributed by atoms with Gasteiger partial charge in [-0.3, -0.25) is 0 Å². The Morgan fingerprint density at radius 1 is 1.53 bits per heavy atom. The lowest BCUT2D eigenvalue weighted by Gasteiger charge is -2.19. The second kappa shape index (κ2) is 4.54. The third-order valence-electron chi connectivity index (χ3n) is 1.96. The van der Waals surface area contributed by atoms with Gasteiger partial charge in [0.25, 0.3) is 0 Å². The van der Waals surface area contributed by atoms with E-state index in [1.165, 1.54) is 0 Å². The largest absolute Gasteiger partial charge is 0.444 e. The van der Waals surface area contributed by atoms with Crippen LogP contribution in [0.3, 0.4) is 0 Å². The molecule has 1 rings (SSSR count). The molecule has 2 N–H and O–H groups in total. The number of terminal acetylenes is 1.